The maximum absolute atomic E-state index is 6.25. The van der Waals surface area contributed by atoms with Crippen LogP contribution in [-0.4, -0.2) is 0 Å². The maximum Gasteiger partial charge on any atom is -0.0184 e. The first-order valence-corrected chi connectivity index (χ1v) is 3.85. The Labute approximate surface area is 83.6 Å². The van der Waals surface area contributed by atoms with Crippen molar-refractivity contribution in [2.45, 2.75) is 0 Å². The zero-order valence-corrected chi connectivity index (χ0v) is 7.51. The van der Waals surface area contributed by atoms with E-state index in [4.69, 9.17) is 23.7 Å². The second kappa shape index (κ2) is 7.34. The third kappa shape index (κ3) is 2.97. The Morgan fingerprint density at radius 2 is 0.786 bits per heavy atom. The molecule has 14 heavy (non-hydrogen) atoms. The molecule has 2 heteroatoms. The summed E-state index contributed by atoms with van der Waals surface area (Å²) in [5, 5.41) is 15.1. The van der Waals surface area contributed by atoms with Gasteiger partial charge in [-0.05, 0) is 10.8 Å². The molecule has 0 N–H and O–H groups in total. The van der Waals surface area contributed by atoms with Crippen LogP contribution in [-0.2, 0) is 0 Å². The van der Waals surface area contributed by atoms with Crippen LogP contribution in [0.4, 0.5) is 0 Å². The molecule has 0 bridgehead atoms. The molecule has 0 atom stereocenters. The summed E-state index contributed by atoms with van der Waals surface area (Å²) in [6.07, 6.45) is 0. The number of benzene rings is 2. The summed E-state index contributed by atoms with van der Waals surface area (Å²) < 4.78 is 0. The molecule has 2 rings (SSSR count). The van der Waals surface area contributed by atoms with Gasteiger partial charge in [0.2, 0.25) is 0 Å². The summed E-state index contributed by atoms with van der Waals surface area (Å²) in [4.78, 5) is 0. The van der Waals surface area contributed by atoms with E-state index in [1.165, 1.54) is 10.8 Å². The quantitative estimate of drug-likeness (QED) is 0.585. The van der Waals surface area contributed by atoms with Crippen LogP contribution in [0.15, 0.2) is 48.5 Å². The van der Waals surface area contributed by atoms with Gasteiger partial charge in [-0.2, -0.15) is 0 Å². The third-order valence-electron chi connectivity index (χ3n) is 1.66. The van der Waals surface area contributed by atoms with Crippen LogP contribution in [0.5, 0.6) is 0 Å². The van der Waals surface area contributed by atoms with Crippen molar-refractivity contribution >= 4 is 10.8 Å². The predicted octanol–water partition coefficient (Wildman–Crippen LogP) is 3.03. The molecule has 0 fully saturated rings. The average Bonchev–Trinajstić information content (AvgIpc) is 2.34. The van der Waals surface area contributed by atoms with Crippen LogP contribution in [0.25, 0.3) is 10.8 Å². The normalized spacial score (nSPS) is 7.43. The van der Waals surface area contributed by atoms with Crippen molar-refractivity contribution < 1.29 is 0 Å². The van der Waals surface area contributed by atoms with E-state index in [1.54, 1.807) is 0 Å². The van der Waals surface area contributed by atoms with Gasteiger partial charge in [-0.25, -0.2) is 0 Å². The Kier molecular flexibility index (Phi) is 6.12. The minimum absolute atomic E-state index is 1.31. The lowest BCUT2D eigenvalue weighted by Crippen LogP contribution is -1.67. The van der Waals surface area contributed by atoms with Gasteiger partial charge in [0.15, 0.2) is 0 Å². The molecule has 0 saturated heterocycles. The van der Waals surface area contributed by atoms with Gasteiger partial charge in [-0.15, -0.1) is 0 Å². The summed E-state index contributed by atoms with van der Waals surface area (Å²) >= 11 is 0. The minimum Gasteiger partial charge on any atom is -0.512 e. The van der Waals surface area contributed by atoms with E-state index in [9.17, 15) is 0 Å². The Hall–Kier alpha value is -2.32. The molecule has 0 radical (unpaired) electrons. The van der Waals surface area contributed by atoms with Crippen LogP contribution < -0.4 is 0 Å². The first-order chi connectivity index (χ1) is 6.97. The molecule has 0 aliphatic rings. The van der Waals surface area contributed by atoms with Gasteiger partial charge >= 0.3 is 0 Å². The number of hydrogen-bond acceptors (Lipinski definition) is 2. The Morgan fingerprint density at radius 1 is 0.571 bits per heavy atom. The lowest BCUT2D eigenvalue weighted by molar-refractivity contribution is 1.53. The summed E-state index contributed by atoms with van der Waals surface area (Å²) in [6.45, 7) is 9.50. The fourth-order valence-electron chi connectivity index (χ4n) is 1.13. The molecule has 2 nitrogen and oxygen atoms in total. The van der Waals surface area contributed by atoms with Crippen molar-refractivity contribution in [1.29, 1.82) is 10.5 Å². The van der Waals surface area contributed by atoms with Crippen molar-refractivity contribution in [3.8, 4) is 0 Å². The van der Waals surface area contributed by atoms with Crippen molar-refractivity contribution in [3.05, 3.63) is 61.7 Å². The molecular formula is C12H8N2-2. The molecule has 0 spiro atoms. The van der Waals surface area contributed by atoms with Crippen LogP contribution in [0.2, 0.25) is 0 Å². The van der Waals surface area contributed by atoms with E-state index in [1.807, 2.05) is 0 Å². The predicted molar refractivity (Wildman–Crippen MR) is 53.9 cm³/mol. The van der Waals surface area contributed by atoms with Gasteiger partial charge in [-0.3, -0.25) is 0 Å². The van der Waals surface area contributed by atoms with E-state index in [0.717, 1.165) is 0 Å². The highest BCUT2D eigenvalue weighted by atomic mass is 14.2. The van der Waals surface area contributed by atoms with Crippen molar-refractivity contribution in [1.82, 2.24) is 0 Å². The van der Waals surface area contributed by atoms with Gasteiger partial charge in [0.05, 0.1) is 0 Å². The molecule has 0 aliphatic heterocycles. The van der Waals surface area contributed by atoms with Gasteiger partial charge in [-0.1, -0.05) is 48.5 Å². The second-order valence-electron chi connectivity index (χ2n) is 2.35. The monoisotopic (exact) mass is 180 g/mol. The highest BCUT2D eigenvalue weighted by Gasteiger charge is 1.85. The molecule has 0 aromatic heterocycles. The summed E-state index contributed by atoms with van der Waals surface area (Å²) in [5.41, 5.74) is 0. The standard InChI is InChI=1S/C10H8.2CN/c1-2-6-10-8-4-3-7-9(10)5-1;2*1-2/h1-8H;;/q;2*-1. The van der Waals surface area contributed by atoms with E-state index in [2.05, 4.69) is 48.5 Å². The zero-order chi connectivity index (χ0) is 10.8. The molecule has 0 amide bonds. The fraction of sp³-hybridized carbons (Fsp3) is 0. The molecule has 0 heterocycles. The topological polar surface area (TPSA) is 47.6 Å². The summed E-state index contributed by atoms with van der Waals surface area (Å²) in [5.74, 6) is 0. The van der Waals surface area contributed by atoms with Crippen molar-refractivity contribution in [2.75, 3.05) is 0 Å². The van der Waals surface area contributed by atoms with Crippen LogP contribution in [0, 0.1) is 23.7 Å². The maximum atomic E-state index is 6.25. The van der Waals surface area contributed by atoms with Crippen LogP contribution in [0.1, 0.15) is 0 Å². The van der Waals surface area contributed by atoms with Crippen LogP contribution in [0.3, 0.4) is 0 Å². The molecular weight excluding hydrogens is 172 g/mol. The van der Waals surface area contributed by atoms with Gasteiger partial charge in [0.1, 0.15) is 0 Å². The van der Waals surface area contributed by atoms with E-state index < -0.39 is 0 Å². The molecule has 2 aromatic rings. The molecule has 2 aromatic carbocycles. The van der Waals surface area contributed by atoms with E-state index in [0.29, 0.717) is 0 Å². The van der Waals surface area contributed by atoms with Gasteiger partial charge < -0.3 is 23.7 Å². The summed E-state index contributed by atoms with van der Waals surface area (Å²) in [6, 6.07) is 16.7. The lowest BCUT2D eigenvalue weighted by atomic mass is 10.1. The Morgan fingerprint density at radius 3 is 1.00 bits per heavy atom. The number of nitrogens with zero attached hydrogens (tertiary/aromatic N) is 2. The Balaban J connectivity index is 0.000000379. The fourth-order valence-corrected chi connectivity index (χ4v) is 1.13. The highest BCUT2D eigenvalue weighted by molar-refractivity contribution is 5.81. The van der Waals surface area contributed by atoms with Gasteiger partial charge in [0, 0.05) is 0 Å². The lowest BCUT2D eigenvalue weighted by Gasteiger charge is -1.92. The van der Waals surface area contributed by atoms with E-state index in [-0.39, 0.29) is 0 Å². The SMILES string of the molecule is [C-]#N.[C-]#N.c1ccc2ccccc2c1. The zero-order valence-electron chi connectivity index (χ0n) is 7.51. The molecule has 0 saturated carbocycles. The minimum atomic E-state index is 1.31. The number of hydrogen-bond donors (Lipinski definition) is 0. The summed E-state index contributed by atoms with van der Waals surface area (Å²) in [7, 11) is 0. The highest BCUT2D eigenvalue weighted by Crippen LogP contribution is 2.11. The molecule has 0 unspecified atom stereocenters. The molecule has 0 aliphatic carbocycles. The Bertz CT molecular complexity index is 344. The second-order valence-corrected chi connectivity index (χ2v) is 2.35. The average molecular weight is 180 g/mol. The van der Waals surface area contributed by atoms with Crippen LogP contribution >= 0.6 is 0 Å². The van der Waals surface area contributed by atoms with Gasteiger partial charge in [0.25, 0.3) is 0 Å². The number of rotatable bonds is 0. The van der Waals surface area contributed by atoms with Crippen molar-refractivity contribution in [2.24, 2.45) is 0 Å². The first kappa shape index (κ1) is 11.7. The molecule has 68 valence electrons. The van der Waals surface area contributed by atoms with Crippen molar-refractivity contribution in [3.63, 3.8) is 0 Å². The largest absolute Gasteiger partial charge is 0.512 e. The smallest absolute Gasteiger partial charge is 0.0184 e. The number of fused-ring (bicyclic) bond motifs is 1. The third-order valence-corrected chi connectivity index (χ3v) is 1.66. The first-order valence-electron chi connectivity index (χ1n) is 3.85. The van der Waals surface area contributed by atoms with E-state index >= 15 is 0 Å².